The molecule has 2 rings (SSSR count). The minimum atomic E-state index is -0.751. The average molecular weight is 277 g/mol. The highest BCUT2D eigenvalue weighted by Gasteiger charge is 2.36. The van der Waals surface area contributed by atoms with Gasteiger partial charge in [0, 0.05) is 6.04 Å². The molecular formula is C16H23NO3. The van der Waals surface area contributed by atoms with Crippen LogP contribution in [0.4, 0.5) is 0 Å². The van der Waals surface area contributed by atoms with Crippen molar-refractivity contribution in [2.24, 2.45) is 5.92 Å². The predicted molar refractivity (Wildman–Crippen MR) is 77.9 cm³/mol. The summed E-state index contributed by atoms with van der Waals surface area (Å²) in [6.07, 6.45) is 2.18. The number of hydrogen-bond donors (Lipinski definition) is 2. The molecule has 0 aromatic heterocycles. The van der Waals surface area contributed by atoms with Crippen molar-refractivity contribution in [3.8, 4) is 5.75 Å². The molecule has 0 aliphatic heterocycles. The Balaban J connectivity index is 1.97. The van der Waals surface area contributed by atoms with Gasteiger partial charge in [0.2, 0.25) is 0 Å². The van der Waals surface area contributed by atoms with E-state index in [9.17, 15) is 9.90 Å². The van der Waals surface area contributed by atoms with Crippen LogP contribution in [-0.2, 0) is 4.79 Å². The second-order valence-electron chi connectivity index (χ2n) is 5.78. The van der Waals surface area contributed by atoms with E-state index >= 15 is 0 Å². The van der Waals surface area contributed by atoms with Crippen molar-refractivity contribution in [1.29, 1.82) is 0 Å². The van der Waals surface area contributed by atoms with E-state index < -0.39 is 12.0 Å². The highest BCUT2D eigenvalue weighted by atomic mass is 16.5. The number of nitrogens with one attached hydrogen (secondary N) is 1. The third kappa shape index (κ3) is 3.97. The molecule has 4 nitrogen and oxygen atoms in total. The zero-order valence-corrected chi connectivity index (χ0v) is 12.3. The number of ether oxygens (including phenoxy) is 1. The highest BCUT2D eigenvalue weighted by Crippen LogP contribution is 2.34. The lowest BCUT2D eigenvalue weighted by molar-refractivity contribution is -0.140. The van der Waals surface area contributed by atoms with Crippen LogP contribution in [-0.4, -0.2) is 23.2 Å². The van der Waals surface area contributed by atoms with Crippen molar-refractivity contribution in [1.82, 2.24) is 5.32 Å². The van der Waals surface area contributed by atoms with Gasteiger partial charge in [0.15, 0.2) is 0 Å². The van der Waals surface area contributed by atoms with Gasteiger partial charge in [0.05, 0.1) is 6.10 Å². The quantitative estimate of drug-likeness (QED) is 0.804. The predicted octanol–water partition coefficient (Wildman–Crippen LogP) is 2.99. The van der Waals surface area contributed by atoms with Crippen molar-refractivity contribution in [3.63, 3.8) is 0 Å². The van der Waals surface area contributed by atoms with Crippen LogP contribution in [0.5, 0.6) is 5.75 Å². The molecule has 0 bridgehead atoms. The summed E-state index contributed by atoms with van der Waals surface area (Å²) in [5.74, 6) is 0.380. The lowest BCUT2D eigenvalue weighted by Gasteiger charge is -2.20. The van der Waals surface area contributed by atoms with Crippen molar-refractivity contribution >= 4 is 5.97 Å². The van der Waals surface area contributed by atoms with Gasteiger partial charge in [-0.3, -0.25) is 10.1 Å². The lowest BCUT2D eigenvalue weighted by Crippen LogP contribution is -2.39. The Labute approximate surface area is 120 Å². The topological polar surface area (TPSA) is 58.6 Å². The van der Waals surface area contributed by atoms with E-state index in [1.807, 2.05) is 45.0 Å². The van der Waals surface area contributed by atoms with Crippen molar-refractivity contribution in [2.75, 3.05) is 0 Å². The molecule has 1 aliphatic rings. The van der Waals surface area contributed by atoms with Crippen LogP contribution < -0.4 is 10.1 Å². The summed E-state index contributed by atoms with van der Waals surface area (Å²) in [5.41, 5.74) is 1.08. The number of carbonyl (C=O) groups is 1. The Morgan fingerprint density at radius 1 is 1.25 bits per heavy atom. The molecule has 2 atom stereocenters. The molecule has 0 saturated heterocycles. The molecule has 0 amide bonds. The van der Waals surface area contributed by atoms with Gasteiger partial charge in [-0.2, -0.15) is 0 Å². The highest BCUT2D eigenvalue weighted by molar-refractivity contribution is 5.74. The van der Waals surface area contributed by atoms with Gasteiger partial charge in [0.1, 0.15) is 11.8 Å². The first-order chi connectivity index (χ1) is 9.47. The van der Waals surface area contributed by atoms with Gasteiger partial charge >= 0.3 is 5.97 Å². The summed E-state index contributed by atoms with van der Waals surface area (Å²) in [7, 11) is 0. The smallest absolute Gasteiger partial charge is 0.320 e. The molecule has 0 radical (unpaired) electrons. The number of carboxylic acids is 1. The average Bonchev–Trinajstić information content (AvgIpc) is 3.19. The summed E-state index contributed by atoms with van der Waals surface area (Å²) >= 11 is 0. The van der Waals surface area contributed by atoms with Gasteiger partial charge in [0.25, 0.3) is 0 Å². The van der Waals surface area contributed by atoms with Crippen molar-refractivity contribution in [2.45, 2.75) is 51.8 Å². The molecule has 1 aromatic carbocycles. The van der Waals surface area contributed by atoms with E-state index in [4.69, 9.17) is 4.74 Å². The summed E-state index contributed by atoms with van der Waals surface area (Å²) in [6.45, 7) is 5.98. The normalized spacial score (nSPS) is 17.8. The second kappa shape index (κ2) is 6.27. The van der Waals surface area contributed by atoms with Crippen LogP contribution >= 0.6 is 0 Å². The van der Waals surface area contributed by atoms with Crippen molar-refractivity contribution in [3.05, 3.63) is 29.8 Å². The number of rotatable bonds is 7. The van der Waals surface area contributed by atoms with Crippen molar-refractivity contribution < 1.29 is 14.6 Å². The van der Waals surface area contributed by atoms with Gasteiger partial charge < -0.3 is 9.84 Å². The number of aliphatic carboxylic acids is 1. The third-order valence-electron chi connectivity index (χ3n) is 3.54. The van der Waals surface area contributed by atoms with Gasteiger partial charge in [-0.15, -0.1) is 0 Å². The summed E-state index contributed by atoms with van der Waals surface area (Å²) in [6, 6.07) is 7.42. The Kier molecular flexibility index (Phi) is 4.65. The first-order valence-corrected chi connectivity index (χ1v) is 7.23. The molecule has 1 saturated carbocycles. The van der Waals surface area contributed by atoms with Crippen LogP contribution in [0.25, 0.3) is 0 Å². The fourth-order valence-corrected chi connectivity index (χ4v) is 2.31. The molecule has 1 aromatic rings. The molecule has 2 N–H and O–H groups in total. The first-order valence-electron chi connectivity index (χ1n) is 7.23. The molecule has 0 heterocycles. The Hall–Kier alpha value is -1.55. The van der Waals surface area contributed by atoms with E-state index in [2.05, 4.69) is 5.32 Å². The minimum Gasteiger partial charge on any atom is -0.491 e. The minimum absolute atomic E-state index is 0.0183. The number of hydrogen-bond acceptors (Lipinski definition) is 3. The van der Waals surface area contributed by atoms with Gasteiger partial charge in [-0.1, -0.05) is 12.1 Å². The molecule has 1 aliphatic carbocycles. The van der Waals surface area contributed by atoms with E-state index in [1.54, 1.807) is 0 Å². The Bertz CT molecular complexity index is 451. The zero-order chi connectivity index (χ0) is 14.7. The molecule has 1 fully saturated rings. The fourth-order valence-electron chi connectivity index (χ4n) is 2.31. The van der Waals surface area contributed by atoms with Crippen LogP contribution in [0.3, 0.4) is 0 Å². The summed E-state index contributed by atoms with van der Waals surface area (Å²) in [4.78, 5) is 11.2. The standard InChI is InChI=1S/C16H23NO3/c1-10(2)20-14-8-6-12(7-9-14)11(3)17-15(16(18)19)13-4-5-13/h6-11,13,15,17H,4-5H2,1-3H3,(H,18,19). The number of benzene rings is 1. The SMILES string of the molecule is CC(C)Oc1ccc(C(C)NC(C(=O)O)C2CC2)cc1. The summed E-state index contributed by atoms with van der Waals surface area (Å²) < 4.78 is 5.60. The van der Waals surface area contributed by atoms with E-state index in [0.717, 1.165) is 24.2 Å². The third-order valence-corrected chi connectivity index (χ3v) is 3.54. The molecule has 20 heavy (non-hydrogen) atoms. The monoisotopic (exact) mass is 277 g/mol. The van der Waals surface area contributed by atoms with Gasteiger partial charge in [-0.05, 0) is 57.2 Å². The first kappa shape index (κ1) is 14.9. The maximum absolute atomic E-state index is 11.2. The zero-order valence-electron chi connectivity index (χ0n) is 12.3. The molecular weight excluding hydrogens is 254 g/mol. The number of carboxylic acid groups (broad SMARTS) is 1. The largest absolute Gasteiger partial charge is 0.491 e. The second-order valence-corrected chi connectivity index (χ2v) is 5.78. The van der Waals surface area contributed by atoms with Crippen LogP contribution in [0, 0.1) is 5.92 Å². The lowest BCUT2D eigenvalue weighted by atomic mass is 10.1. The van der Waals surface area contributed by atoms with Crippen LogP contribution in [0.2, 0.25) is 0 Å². The molecule has 0 spiro atoms. The molecule has 4 heteroatoms. The maximum Gasteiger partial charge on any atom is 0.320 e. The van der Waals surface area contributed by atoms with Crippen LogP contribution in [0.1, 0.15) is 45.2 Å². The maximum atomic E-state index is 11.2. The van der Waals surface area contributed by atoms with E-state index in [1.165, 1.54) is 0 Å². The molecule has 110 valence electrons. The van der Waals surface area contributed by atoms with E-state index in [-0.39, 0.29) is 12.1 Å². The summed E-state index contributed by atoms with van der Waals surface area (Å²) in [5, 5.41) is 12.5. The Morgan fingerprint density at radius 2 is 1.85 bits per heavy atom. The Morgan fingerprint density at radius 3 is 2.30 bits per heavy atom. The van der Waals surface area contributed by atoms with E-state index in [0.29, 0.717) is 5.92 Å². The molecule has 2 unspecified atom stereocenters. The fraction of sp³-hybridized carbons (Fsp3) is 0.562. The van der Waals surface area contributed by atoms with Gasteiger partial charge in [-0.25, -0.2) is 0 Å². The van der Waals surface area contributed by atoms with Crippen LogP contribution in [0.15, 0.2) is 24.3 Å².